The zero-order valence-corrected chi connectivity index (χ0v) is 20.9. The van der Waals surface area contributed by atoms with Crippen molar-refractivity contribution in [1.29, 1.82) is 0 Å². The second-order valence-electron chi connectivity index (χ2n) is 8.20. The number of aryl methyl sites for hydroxylation is 1. The number of nitrogens with zero attached hydrogens (tertiary/aromatic N) is 5. The SMILES string of the molecule is CCOc1nc(-c2cnc(N)nc2N[C@@H](C)c2nc3cccc(C)c3c(=O)n2-c2ccccc2)cs1. The number of benzene rings is 2. The van der Waals surface area contributed by atoms with Gasteiger partial charge in [-0.3, -0.25) is 9.36 Å². The summed E-state index contributed by atoms with van der Waals surface area (Å²) in [5.41, 5.74) is 9.39. The Labute approximate surface area is 211 Å². The van der Waals surface area contributed by atoms with Crippen LogP contribution >= 0.6 is 11.3 Å². The molecule has 0 aliphatic carbocycles. The van der Waals surface area contributed by atoms with Crippen molar-refractivity contribution in [2.24, 2.45) is 0 Å². The molecule has 0 aliphatic heterocycles. The third kappa shape index (κ3) is 4.38. The maximum absolute atomic E-state index is 13.8. The average molecular weight is 500 g/mol. The monoisotopic (exact) mass is 499 g/mol. The number of fused-ring (bicyclic) bond motifs is 1. The number of nitrogen functional groups attached to an aromatic ring is 1. The molecule has 36 heavy (non-hydrogen) atoms. The largest absolute Gasteiger partial charge is 0.470 e. The van der Waals surface area contributed by atoms with E-state index in [1.807, 2.05) is 74.7 Å². The van der Waals surface area contributed by atoms with Crippen LogP contribution in [0.15, 0.2) is 64.9 Å². The number of anilines is 2. The first kappa shape index (κ1) is 23.4. The summed E-state index contributed by atoms with van der Waals surface area (Å²) in [5.74, 6) is 1.15. The summed E-state index contributed by atoms with van der Waals surface area (Å²) in [6.07, 6.45) is 1.63. The molecule has 5 aromatic rings. The number of ether oxygens (including phenoxy) is 1. The van der Waals surface area contributed by atoms with Gasteiger partial charge >= 0.3 is 0 Å². The zero-order valence-electron chi connectivity index (χ0n) is 20.1. The predicted octanol–water partition coefficient (Wildman–Crippen LogP) is 4.76. The van der Waals surface area contributed by atoms with E-state index in [1.54, 1.807) is 10.8 Å². The number of thiazole rings is 1. The van der Waals surface area contributed by atoms with Crippen LogP contribution < -0.4 is 21.3 Å². The van der Waals surface area contributed by atoms with Crippen LogP contribution in [0.2, 0.25) is 0 Å². The lowest BCUT2D eigenvalue weighted by Gasteiger charge is -2.21. The molecule has 182 valence electrons. The average Bonchev–Trinajstić information content (AvgIpc) is 3.33. The zero-order chi connectivity index (χ0) is 25.2. The van der Waals surface area contributed by atoms with Crippen LogP contribution in [0.4, 0.5) is 11.8 Å². The molecule has 3 heterocycles. The van der Waals surface area contributed by atoms with E-state index in [2.05, 4.69) is 20.3 Å². The van der Waals surface area contributed by atoms with Crippen LogP contribution in [-0.4, -0.2) is 31.1 Å². The fourth-order valence-corrected chi connectivity index (χ4v) is 4.79. The molecule has 0 saturated heterocycles. The summed E-state index contributed by atoms with van der Waals surface area (Å²) in [6.45, 7) is 6.28. The van der Waals surface area contributed by atoms with Gasteiger partial charge in [0.25, 0.3) is 10.8 Å². The van der Waals surface area contributed by atoms with Crippen molar-refractivity contribution in [3.05, 3.63) is 81.8 Å². The Kier molecular flexibility index (Phi) is 6.34. The van der Waals surface area contributed by atoms with Gasteiger partial charge in [0, 0.05) is 11.6 Å². The van der Waals surface area contributed by atoms with Crippen LogP contribution in [0, 0.1) is 6.92 Å². The van der Waals surface area contributed by atoms with Crippen LogP contribution in [-0.2, 0) is 0 Å². The second kappa shape index (κ2) is 9.74. The fraction of sp³-hybridized carbons (Fsp3) is 0.192. The third-order valence-corrected chi connectivity index (χ3v) is 6.47. The Hall–Kier alpha value is -4.31. The molecule has 0 unspecified atom stereocenters. The molecule has 2 aromatic carbocycles. The molecule has 10 heteroatoms. The van der Waals surface area contributed by atoms with Gasteiger partial charge in [0.15, 0.2) is 0 Å². The predicted molar refractivity (Wildman–Crippen MR) is 143 cm³/mol. The van der Waals surface area contributed by atoms with Gasteiger partial charge in [-0.25, -0.2) is 15.0 Å². The van der Waals surface area contributed by atoms with Crippen molar-refractivity contribution < 1.29 is 4.74 Å². The highest BCUT2D eigenvalue weighted by atomic mass is 32.1. The van der Waals surface area contributed by atoms with Gasteiger partial charge < -0.3 is 15.8 Å². The second-order valence-corrected chi connectivity index (χ2v) is 9.02. The van der Waals surface area contributed by atoms with Gasteiger partial charge in [0.05, 0.1) is 40.5 Å². The molecule has 3 N–H and O–H groups in total. The quantitative estimate of drug-likeness (QED) is 0.329. The smallest absolute Gasteiger partial charge is 0.273 e. The molecule has 1 atom stereocenters. The number of nitrogens with two attached hydrogens (primary N) is 1. The van der Waals surface area contributed by atoms with Crippen LogP contribution in [0.5, 0.6) is 5.19 Å². The Bertz CT molecular complexity index is 1600. The summed E-state index contributed by atoms with van der Waals surface area (Å²) >= 11 is 1.40. The number of hydrogen-bond donors (Lipinski definition) is 2. The van der Waals surface area contributed by atoms with Crippen molar-refractivity contribution in [1.82, 2.24) is 24.5 Å². The first-order valence-electron chi connectivity index (χ1n) is 11.5. The van der Waals surface area contributed by atoms with Crippen molar-refractivity contribution in [2.75, 3.05) is 17.7 Å². The number of hydrogen-bond acceptors (Lipinski definition) is 9. The lowest BCUT2D eigenvalue weighted by molar-refractivity contribution is 0.338. The summed E-state index contributed by atoms with van der Waals surface area (Å²) in [7, 11) is 0. The lowest BCUT2D eigenvalue weighted by atomic mass is 10.1. The van der Waals surface area contributed by atoms with E-state index >= 15 is 0 Å². The minimum atomic E-state index is -0.416. The Morgan fingerprint density at radius 1 is 1.11 bits per heavy atom. The van der Waals surface area contributed by atoms with E-state index in [0.717, 1.165) is 11.3 Å². The van der Waals surface area contributed by atoms with Gasteiger partial charge in [-0.1, -0.05) is 41.7 Å². The molecule has 9 nitrogen and oxygen atoms in total. The molecule has 0 fully saturated rings. The number of nitrogens with one attached hydrogen (secondary N) is 1. The number of rotatable bonds is 7. The Morgan fingerprint density at radius 3 is 2.69 bits per heavy atom. The van der Waals surface area contributed by atoms with E-state index in [9.17, 15) is 4.79 Å². The number of para-hydroxylation sites is 1. The number of aromatic nitrogens is 5. The van der Waals surface area contributed by atoms with Gasteiger partial charge in [-0.05, 0) is 44.5 Å². The molecule has 3 aromatic heterocycles. The van der Waals surface area contributed by atoms with Gasteiger partial charge in [-0.2, -0.15) is 4.98 Å². The topological polar surface area (TPSA) is 121 Å². The summed E-state index contributed by atoms with van der Waals surface area (Å²) in [5, 5.41) is 6.43. The molecule has 0 aliphatic rings. The first-order valence-corrected chi connectivity index (χ1v) is 12.4. The van der Waals surface area contributed by atoms with Crippen molar-refractivity contribution in [3.63, 3.8) is 0 Å². The highest BCUT2D eigenvalue weighted by Crippen LogP contribution is 2.32. The van der Waals surface area contributed by atoms with E-state index in [1.165, 1.54) is 11.3 Å². The summed E-state index contributed by atoms with van der Waals surface area (Å²) in [4.78, 5) is 31.8. The van der Waals surface area contributed by atoms with Gasteiger partial charge in [-0.15, -0.1) is 0 Å². The van der Waals surface area contributed by atoms with Crippen molar-refractivity contribution in [2.45, 2.75) is 26.8 Å². The third-order valence-electron chi connectivity index (χ3n) is 5.72. The standard InChI is InChI=1S/C26H25N7O2S/c1-4-35-26-31-20(14-36-26)18-13-28-25(27)32-22(18)29-16(3)23-30-19-12-8-9-15(2)21(19)24(34)33(23)17-10-6-5-7-11-17/h5-14,16H,4H2,1-3H3,(H3,27,28,29,32)/t16-/m0/s1. The maximum Gasteiger partial charge on any atom is 0.273 e. The Morgan fingerprint density at radius 2 is 1.92 bits per heavy atom. The van der Waals surface area contributed by atoms with Crippen molar-refractivity contribution >= 4 is 34.0 Å². The van der Waals surface area contributed by atoms with Crippen LogP contribution in [0.25, 0.3) is 27.8 Å². The summed E-state index contributed by atoms with van der Waals surface area (Å²) in [6, 6.07) is 14.7. The molecular formula is C26H25N7O2S. The first-order chi connectivity index (χ1) is 17.5. The molecule has 5 rings (SSSR count). The maximum atomic E-state index is 13.8. The van der Waals surface area contributed by atoms with E-state index < -0.39 is 6.04 Å². The molecule has 0 saturated carbocycles. The molecule has 0 radical (unpaired) electrons. The minimum absolute atomic E-state index is 0.122. The van der Waals surface area contributed by atoms with Crippen LogP contribution in [0.3, 0.4) is 0 Å². The van der Waals surface area contributed by atoms with Crippen LogP contribution in [0.1, 0.15) is 31.3 Å². The van der Waals surface area contributed by atoms with E-state index in [4.69, 9.17) is 15.5 Å². The van der Waals surface area contributed by atoms with Gasteiger partial charge in [0.1, 0.15) is 11.6 Å². The lowest BCUT2D eigenvalue weighted by Crippen LogP contribution is -2.28. The highest BCUT2D eigenvalue weighted by molar-refractivity contribution is 7.11. The normalized spacial score (nSPS) is 12.0. The Balaban J connectivity index is 1.63. The fourth-order valence-electron chi connectivity index (χ4n) is 4.06. The molecular weight excluding hydrogens is 474 g/mol. The summed E-state index contributed by atoms with van der Waals surface area (Å²) < 4.78 is 7.17. The minimum Gasteiger partial charge on any atom is -0.470 e. The molecule has 0 spiro atoms. The van der Waals surface area contributed by atoms with E-state index in [0.29, 0.717) is 45.6 Å². The highest BCUT2D eigenvalue weighted by Gasteiger charge is 2.21. The van der Waals surface area contributed by atoms with Gasteiger partial charge in [0.2, 0.25) is 5.95 Å². The molecule has 0 bridgehead atoms. The molecule has 0 amide bonds. The van der Waals surface area contributed by atoms with E-state index in [-0.39, 0.29) is 11.5 Å². The van der Waals surface area contributed by atoms with Crippen molar-refractivity contribution in [3.8, 4) is 22.1 Å².